The Hall–Kier alpha value is 0.650. The number of halogens is 5. The molecule has 0 aliphatic carbocycles. The average Bonchev–Trinajstić information content (AvgIpc) is 2.37. The van der Waals surface area contributed by atoms with E-state index in [2.05, 4.69) is 22.6 Å². The number of carbonyl (C=O) groups is 1. The van der Waals surface area contributed by atoms with Crippen molar-refractivity contribution >= 4 is 83.9 Å². The van der Waals surface area contributed by atoms with E-state index in [1.807, 2.05) is 51.2 Å². The SMILES string of the molecule is O=C(OCCCC(F)(F)S(=O)(=O)O)c1cc(I)cc(I)c1I. The van der Waals surface area contributed by atoms with Crippen LogP contribution >= 0.6 is 67.8 Å². The normalized spacial score (nSPS) is 12.3. The van der Waals surface area contributed by atoms with Crippen LogP contribution in [0.15, 0.2) is 12.1 Å². The van der Waals surface area contributed by atoms with Crippen molar-refractivity contribution in [1.29, 1.82) is 0 Å². The highest BCUT2D eigenvalue weighted by Gasteiger charge is 2.43. The molecule has 0 aromatic heterocycles. The highest BCUT2D eigenvalue weighted by molar-refractivity contribution is 14.1. The zero-order chi connectivity index (χ0) is 17.1. The van der Waals surface area contributed by atoms with E-state index < -0.39 is 34.2 Å². The number of hydrogen-bond acceptors (Lipinski definition) is 4. The lowest BCUT2D eigenvalue weighted by atomic mass is 10.2. The molecule has 5 nitrogen and oxygen atoms in total. The fraction of sp³-hybridized carbons (Fsp3) is 0.364. The first-order valence-corrected chi connectivity index (χ1v) is 10.3. The quantitative estimate of drug-likeness (QED) is 0.163. The smallest absolute Gasteiger partial charge is 0.370 e. The van der Waals surface area contributed by atoms with Crippen LogP contribution in [0, 0.1) is 10.7 Å². The number of hydrogen-bond donors (Lipinski definition) is 1. The molecular formula is C11H9F2I3O5S. The second-order valence-corrected chi connectivity index (χ2v) is 9.14. The summed E-state index contributed by atoms with van der Waals surface area (Å²) in [6, 6.07) is 3.48. The number of rotatable bonds is 6. The summed E-state index contributed by atoms with van der Waals surface area (Å²) in [5, 5.41) is -4.24. The maximum absolute atomic E-state index is 13.0. The number of alkyl halides is 2. The third-order valence-electron chi connectivity index (χ3n) is 2.44. The molecule has 0 aliphatic heterocycles. The Balaban J connectivity index is 2.62. The van der Waals surface area contributed by atoms with Crippen LogP contribution in [-0.4, -0.2) is 30.8 Å². The highest BCUT2D eigenvalue weighted by atomic mass is 127. The molecule has 22 heavy (non-hydrogen) atoms. The van der Waals surface area contributed by atoms with Crippen molar-refractivity contribution in [2.75, 3.05) is 6.61 Å². The first kappa shape index (κ1) is 20.7. The maximum atomic E-state index is 13.0. The third-order valence-corrected chi connectivity index (χ3v) is 7.06. The topological polar surface area (TPSA) is 80.7 Å². The van der Waals surface area contributed by atoms with Crippen molar-refractivity contribution in [1.82, 2.24) is 0 Å². The van der Waals surface area contributed by atoms with Crippen LogP contribution in [0.4, 0.5) is 8.78 Å². The molecule has 1 rings (SSSR count). The molecule has 11 heteroatoms. The summed E-state index contributed by atoms with van der Waals surface area (Å²) < 4.78 is 62.3. The van der Waals surface area contributed by atoms with Crippen LogP contribution in [0.1, 0.15) is 23.2 Å². The second-order valence-electron chi connectivity index (χ2n) is 4.10. The Bertz CT molecular complexity index is 679. The van der Waals surface area contributed by atoms with E-state index in [1.165, 1.54) is 0 Å². The standard InChI is InChI=1S/C11H9F2I3O5S/c12-11(13,22(18,19)20)2-1-3-21-10(17)7-4-6(14)5-8(15)9(7)16/h4-5H,1-3H2,(H,18,19,20). The van der Waals surface area contributed by atoms with Crippen molar-refractivity contribution in [2.45, 2.75) is 18.1 Å². The van der Waals surface area contributed by atoms with Crippen LogP contribution in [0.2, 0.25) is 0 Å². The van der Waals surface area contributed by atoms with Crippen molar-refractivity contribution in [2.24, 2.45) is 0 Å². The molecule has 0 amide bonds. The van der Waals surface area contributed by atoms with Crippen LogP contribution in [0.25, 0.3) is 0 Å². The number of benzene rings is 1. The Kier molecular flexibility index (Phi) is 7.67. The lowest BCUT2D eigenvalue weighted by Crippen LogP contribution is -2.28. The molecule has 0 aliphatic rings. The van der Waals surface area contributed by atoms with Gasteiger partial charge in [-0.3, -0.25) is 4.55 Å². The van der Waals surface area contributed by atoms with E-state index in [4.69, 9.17) is 9.29 Å². The Labute approximate surface area is 166 Å². The van der Waals surface area contributed by atoms with Gasteiger partial charge in [-0.05, 0) is 86.3 Å². The molecule has 0 saturated carbocycles. The van der Waals surface area contributed by atoms with Crippen molar-refractivity contribution in [3.05, 3.63) is 28.4 Å². The molecule has 0 saturated heterocycles. The van der Waals surface area contributed by atoms with Gasteiger partial charge in [0.2, 0.25) is 0 Å². The summed E-state index contributed by atoms with van der Waals surface area (Å²) in [5.41, 5.74) is 0.318. The van der Waals surface area contributed by atoms with E-state index in [9.17, 15) is 22.0 Å². The molecule has 1 aromatic carbocycles. The van der Waals surface area contributed by atoms with Gasteiger partial charge in [0.15, 0.2) is 0 Å². The number of ether oxygens (including phenoxy) is 1. The Morgan fingerprint density at radius 1 is 1.27 bits per heavy atom. The zero-order valence-corrected chi connectivity index (χ0v) is 17.9. The summed E-state index contributed by atoms with van der Waals surface area (Å²) in [5.74, 6) is -0.670. The summed E-state index contributed by atoms with van der Waals surface area (Å²) in [6.07, 6.45) is -1.52. The first-order chi connectivity index (χ1) is 9.95. The van der Waals surface area contributed by atoms with Crippen LogP contribution in [-0.2, 0) is 14.9 Å². The number of esters is 1. The monoisotopic (exact) mass is 672 g/mol. The van der Waals surface area contributed by atoms with Gasteiger partial charge in [0.25, 0.3) is 0 Å². The molecule has 0 heterocycles. The largest absolute Gasteiger partial charge is 0.462 e. The second kappa shape index (κ2) is 8.15. The van der Waals surface area contributed by atoms with E-state index in [1.54, 1.807) is 6.07 Å². The van der Waals surface area contributed by atoms with Gasteiger partial charge in [-0.15, -0.1) is 0 Å². The van der Waals surface area contributed by atoms with Crippen molar-refractivity contribution in [3.8, 4) is 0 Å². The predicted octanol–water partition coefficient (Wildman–Crippen LogP) is 3.92. The minimum absolute atomic E-state index is 0.318. The fourth-order valence-corrected chi connectivity index (χ4v) is 4.13. The van der Waals surface area contributed by atoms with Gasteiger partial charge in [-0.25, -0.2) is 4.79 Å². The van der Waals surface area contributed by atoms with Gasteiger partial charge >= 0.3 is 21.3 Å². The van der Waals surface area contributed by atoms with Gasteiger partial charge in [0, 0.05) is 17.1 Å². The lowest BCUT2D eigenvalue weighted by molar-refractivity contribution is 0.0389. The van der Waals surface area contributed by atoms with E-state index in [-0.39, 0.29) is 6.61 Å². The van der Waals surface area contributed by atoms with Crippen molar-refractivity contribution in [3.63, 3.8) is 0 Å². The summed E-state index contributed by atoms with van der Waals surface area (Å²) in [6.45, 7) is -0.373. The highest BCUT2D eigenvalue weighted by Crippen LogP contribution is 2.27. The molecule has 1 aromatic rings. The van der Waals surface area contributed by atoms with Gasteiger partial charge < -0.3 is 4.74 Å². The summed E-state index contributed by atoms with van der Waals surface area (Å²) >= 11 is 6.07. The van der Waals surface area contributed by atoms with Gasteiger partial charge in [-0.1, -0.05) is 0 Å². The van der Waals surface area contributed by atoms with Crippen LogP contribution in [0.3, 0.4) is 0 Å². The molecule has 0 unspecified atom stereocenters. The molecule has 0 bridgehead atoms. The van der Waals surface area contributed by atoms with Gasteiger partial charge in [0.05, 0.1) is 12.2 Å². The van der Waals surface area contributed by atoms with Crippen LogP contribution in [0.5, 0.6) is 0 Å². The molecule has 0 spiro atoms. The number of carbonyl (C=O) groups excluding carboxylic acids is 1. The van der Waals surface area contributed by atoms with Crippen molar-refractivity contribution < 1.29 is 31.3 Å². The average molecular weight is 672 g/mol. The molecule has 0 atom stereocenters. The minimum atomic E-state index is -5.45. The zero-order valence-electron chi connectivity index (χ0n) is 10.7. The molecule has 1 N–H and O–H groups in total. The van der Waals surface area contributed by atoms with Gasteiger partial charge in [0.1, 0.15) is 0 Å². The summed E-state index contributed by atoms with van der Waals surface area (Å²) in [7, 11) is -5.45. The van der Waals surface area contributed by atoms with E-state index in [0.717, 1.165) is 7.14 Å². The van der Waals surface area contributed by atoms with Gasteiger partial charge in [-0.2, -0.15) is 17.2 Å². The van der Waals surface area contributed by atoms with E-state index >= 15 is 0 Å². The van der Waals surface area contributed by atoms with Crippen LogP contribution < -0.4 is 0 Å². The predicted molar refractivity (Wildman–Crippen MR) is 101 cm³/mol. The molecule has 124 valence electrons. The Morgan fingerprint density at radius 3 is 2.41 bits per heavy atom. The third kappa shape index (κ3) is 5.62. The first-order valence-electron chi connectivity index (χ1n) is 5.62. The molecular weight excluding hydrogens is 663 g/mol. The molecule has 0 radical (unpaired) electrons. The minimum Gasteiger partial charge on any atom is -0.462 e. The maximum Gasteiger partial charge on any atom is 0.370 e. The lowest BCUT2D eigenvalue weighted by Gasteiger charge is -2.13. The summed E-state index contributed by atoms with van der Waals surface area (Å²) in [4.78, 5) is 11.9. The van der Waals surface area contributed by atoms with E-state index in [0.29, 0.717) is 9.13 Å². The fourth-order valence-electron chi connectivity index (χ4n) is 1.35. The Morgan fingerprint density at radius 2 is 1.86 bits per heavy atom. The molecule has 0 fully saturated rings.